The van der Waals surface area contributed by atoms with Crippen LogP contribution in [0.15, 0.2) is 47.5 Å². The molecule has 1 aliphatic rings. The molecule has 0 bridgehead atoms. The highest BCUT2D eigenvalue weighted by Crippen LogP contribution is 2.26. The molecule has 2 aromatic rings. The van der Waals surface area contributed by atoms with Crippen molar-refractivity contribution < 1.29 is 9.53 Å². The van der Waals surface area contributed by atoms with Gasteiger partial charge in [-0.1, -0.05) is 6.07 Å². The first-order valence-electron chi connectivity index (χ1n) is 7.65. The summed E-state index contributed by atoms with van der Waals surface area (Å²) in [4.78, 5) is 16.1. The van der Waals surface area contributed by atoms with E-state index >= 15 is 0 Å². The van der Waals surface area contributed by atoms with Gasteiger partial charge in [0.15, 0.2) is 5.96 Å². The fourth-order valence-electron chi connectivity index (χ4n) is 2.76. The second kappa shape index (κ2) is 6.52. The zero-order valence-electron chi connectivity index (χ0n) is 12.8. The van der Waals surface area contributed by atoms with E-state index in [1.165, 1.54) is 24.0 Å². The first-order valence-corrected chi connectivity index (χ1v) is 7.65. The molecule has 1 aliphatic carbocycles. The molecule has 0 fully saturated rings. The van der Waals surface area contributed by atoms with E-state index in [0.29, 0.717) is 17.0 Å². The zero-order valence-corrected chi connectivity index (χ0v) is 12.8. The summed E-state index contributed by atoms with van der Waals surface area (Å²) in [5.41, 5.74) is 14.3. The predicted molar refractivity (Wildman–Crippen MR) is 90.0 cm³/mol. The normalized spacial score (nSPS) is 13.0. The number of guanidine groups is 1. The lowest BCUT2D eigenvalue weighted by Crippen LogP contribution is -2.21. The molecule has 0 unspecified atom stereocenters. The third-order valence-electron chi connectivity index (χ3n) is 3.89. The molecule has 0 radical (unpaired) electrons. The molecule has 23 heavy (non-hydrogen) atoms. The molecule has 0 saturated carbocycles. The second-order valence-electron chi connectivity index (χ2n) is 5.61. The molecular formula is C18H19N3O2. The van der Waals surface area contributed by atoms with Crippen LogP contribution in [0.25, 0.3) is 0 Å². The average molecular weight is 309 g/mol. The summed E-state index contributed by atoms with van der Waals surface area (Å²) in [6.07, 6.45) is 4.58. The zero-order chi connectivity index (χ0) is 16.2. The maximum atomic E-state index is 12.2. The summed E-state index contributed by atoms with van der Waals surface area (Å²) >= 11 is 0. The van der Waals surface area contributed by atoms with Gasteiger partial charge in [-0.05, 0) is 73.2 Å². The molecule has 0 aromatic heterocycles. The SMILES string of the molecule is NC(N)=Nc1ccc(C(=O)Oc2ccc3c(c2)CCCC3)cc1. The number of hydrogen-bond donors (Lipinski definition) is 2. The van der Waals surface area contributed by atoms with E-state index in [4.69, 9.17) is 16.2 Å². The Morgan fingerprint density at radius 2 is 1.65 bits per heavy atom. The number of aryl methyl sites for hydroxylation is 2. The van der Waals surface area contributed by atoms with Gasteiger partial charge in [-0.15, -0.1) is 0 Å². The van der Waals surface area contributed by atoms with Crippen molar-refractivity contribution in [1.29, 1.82) is 0 Å². The summed E-state index contributed by atoms with van der Waals surface area (Å²) in [6.45, 7) is 0. The lowest BCUT2D eigenvalue weighted by atomic mass is 9.92. The molecule has 5 nitrogen and oxygen atoms in total. The molecule has 0 atom stereocenters. The molecular weight excluding hydrogens is 290 g/mol. The van der Waals surface area contributed by atoms with Crippen molar-refractivity contribution >= 4 is 17.6 Å². The number of ether oxygens (including phenoxy) is 1. The Bertz CT molecular complexity index is 747. The highest BCUT2D eigenvalue weighted by Gasteiger charge is 2.13. The standard InChI is InChI=1S/C18H19N3O2/c19-18(20)21-15-8-5-13(6-9-15)17(22)23-16-10-7-12-3-1-2-4-14(12)11-16/h5-11H,1-4H2,(H4,19,20,21). The van der Waals surface area contributed by atoms with Gasteiger partial charge in [0.05, 0.1) is 11.3 Å². The van der Waals surface area contributed by atoms with Crippen molar-refractivity contribution in [2.24, 2.45) is 16.5 Å². The van der Waals surface area contributed by atoms with Crippen LogP contribution >= 0.6 is 0 Å². The molecule has 0 amide bonds. The summed E-state index contributed by atoms with van der Waals surface area (Å²) in [5, 5.41) is 0. The second-order valence-corrected chi connectivity index (χ2v) is 5.61. The number of carbonyl (C=O) groups is 1. The van der Waals surface area contributed by atoms with Gasteiger partial charge in [-0.2, -0.15) is 0 Å². The van der Waals surface area contributed by atoms with Crippen LogP contribution in [0.5, 0.6) is 5.75 Å². The van der Waals surface area contributed by atoms with Crippen molar-refractivity contribution in [3.8, 4) is 5.75 Å². The van der Waals surface area contributed by atoms with Gasteiger partial charge in [0.1, 0.15) is 5.75 Å². The van der Waals surface area contributed by atoms with E-state index in [1.807, 2.05) is 12.1 Å². The molecule has 118 valence electrons. The Hall–Kier alpha value is -2.82. The summed E-state index contributed by atoms with van der Waals surface area (Å²) in [7, 11) is 0. The van der Waals surface area contributed by atoms with Crippen LogP contribution in [0, 0.1) is 0 Å². The van der Waals surface area contributed by atoms with Crippen molar-refractivity contribution in [3.05, 3.63) is 59.2 Å². The number of nitrogens with zero attached hydrogens (tertiary/aromatic N) is 1. The molecule has 3 rings (SSSR count). The monoisotopic (exact) mass is 309 g/mol. The third-order valence-corrected chi connectivity index (χ3v) is 3.89. The van der Waals surface area contributed by atoms with Crippen molar-refractivity contribution in [3.63, 3.8) is 0 Å². The molecule has 2 aromatic carbocycles. The maximum Gasteiger partial charge on any atom is 0.343 e. The molecule has 0 saturated heterocycles. The van der Waals surface area contributed by atoms with Gasteiger partial charge in [-0.3, -0.25) is 0 Å². The number of fused-ring (bicyclic) bond motifs is 1. The van der Waals surface area contributed by atoms with Gasteiger partial charge in [-0.25, -0.2) is 9.79 Å². The minimum atomic E-state index is -0.392. The first-order chi connectivity index (χ1) is 11.1. The van der Waals surface area contributed by atoms with E-state index < -0.39 is 5.97 Å². The van der Waals surface area contributed by atoms with E-state index in [2.05, 4.69) is 11.1 Å². The van der Waals surface area contributed by atoms with E-state index in [0.717, 1.165) is 12.8 Å². The quantitative estimate of drug-likeness (QED) is 0.395. The lowest BCUT2D eigenvalue weighted by Gasteiger charge is -2.16. The largest absolute Gasteiger partial charge is 0.423 e. The van der Waals surface area contributed by atoms with Crippen LogP contribution in [-0.2, 0) is 12.8 Å². The Kier molecular flexibility index (Phi) is 4.28. The van der Waals surface area contributed by atoms with Crippen molar-refractivity contribution in [1.82, 2.24) is 0 Å². The Labute approximate surface area is 135 Å². The number of benzene rings is 2. The van der Waals surface area contributed by atoms with Crippen LogP contribution in [0.2, 0.25) is 0 Å². The fraction of sp³-hybridized carbons (Fsp3) is 0.222. The van der Waals surface area contributed by atoms with Gasteiger partial charge >= 0.3 is 5.97 Å². The smallest absolute Gasteiger partial charge is 0.343 e. The van der Waals surface area contributed by atoms with Crippen LogP contribution in [0.1, 0.15) is 34.3 Å². The Morgan fingerprint density at radius 3 is 2.35 bits per heavy atom. The van der Waals surface area contributed by atoms with Gasteiger partial charge < -0.3 is 16.2 Å². The van der Waals surface area contributed by atoms with Crippen LogP contribution in [0.3, 0.4) is 0 Å². The van der Waals surface area contributed by atoms with Crippen LogP contribution in [0.4, 0.5) is 5.69 Å². The van der Waals surface area contributed by atoms with E-state index in [-0.39, 0.29) is 5.96 Å². The van der Waals surface area contributed by atoms with Gasteiger partial charge in [0, 0.05) is 0 Å². The van der Waals surface area contributed by atoms with Gasteiger partial charge in [0.25, 0.3) is 0 Å². The number of esters is 1. The first kappa shape index (κ1) is 15.1. The summed E-state index contributed by atoms with van der Waals surface area (Å²) in [6, 6.07) is 12.5. The van der Waals surface area contributed by atoms with Crippen LogP contribution in [-0.4, -0.2) is 11.9 Å². The lowest BCUT2D eigenvalue weighted by molar-refractivity contribution is 0.0734. The van der Waals surface area contributed by atoms with E-state index in [1.54, 1.807) is 24.3 Å². The fourth-order valence-corrected chi connectivity index (χ4v) is 2.76. The number of rotatable bonds is 3. The third kappa shape index (κ3) is 3.69. The van der Waals surface area contributed by atoms with Crippen molar-refractivity contribution in [2.45, 2.75) is 25.7 Å². The highest BCUT2D eigenvalue weighted by molar-refractivity contribution is 5.91. The van der Waals surface area contributed by atoms with Crippen molar-refractivity contribution in [2.75, 3.05) is 0 Å². The summed E-state index contributed by atoms with van der Waals surface area (Å²) in [5.74, 6) is 0.176. The maximum absolute atomic E-state index is 12.2. The summed E-state index contributed by atoms with van der Waals surface area (Å²) < 4.78 is 5.46. The number of nitrogens with two attached hydrogens (primary N) is 2. The molecule has 0 heterocycles. The number of hydrogen-bond acceptors (Lipinski definition) is 3. The average Bonchev–Trinajstić information content (AvgIpc) is 2.55. The highest BCUT2D eigenvalue weighted by atomic mass is 16.5. The topological polar surface area (TPSA) is 90.7 Å². The Morgan fingerprint density at radius 1 is 0.957 bits per heavy atom. The molecule has 0 spiro atoms. The molecule has 5 heteroatoms. The number of aliphatic imine (C=N–C) groups is 1. The molecule has 4 N–H and O–H groups in total. The van der Waals surface area contributed by atoms with Gasteiger partial charge in [0.2, 0.25) is 0 Å². The number of carbonyl (C=O) groups excluding carboxylic acids is 1. The minimum absolute atomic E-state index is 0.0191. The minimum Gasteiger partial charge on any atom is -0.423 e. The van der Waals surface area contributed by atoms with E-state index in [9.17, 15) is 4.79 Å². The predicted octanol–water partition coefficient (Wildman–Crippen LogP) is 2.69. The Balaban J connectivity index is 1.72. The van der Waals surface area contributed by atoms with Crippen LogP contribution < -0.4 is 16.2 Å². The molecule has 0 aliphatic heterocycles.